The first-order valence-corrected chi connectivity index (χ1v) is 5.23. The molecule has 0 aliphatic rings. The predicted molar refractivity (Wildman–Crippen MR) is 57.2 cm³/mol. The standard InChI is InChI=1S/C11H12OS/c1-8(12)6-10-7-9-4-2-3-5-11(9)13-10/h2-5,7-8,12H,6H2,1H3/t8-/m1/s1. The molecule has 1 atom stereocenters. The molecule has 2 aromatic rings. The second-order valence-corrected chi connectivity index (χ2v) is 4.47. The minimum Gasteiger partial charge on any atom is -0.393 e. The van der Waals surface area contributed by atoms with Crippen molar-refractivity contribution in [2.75, 3.05) is 0 Å². The van der Waals surface area contributed by atoms with Crippen LogP contribution in [0.15, 0.2) is 30.3 Å². The third-order valence-corrected chi connectivity index (χ3v) is 3.11. The van der Waals surface area contributed by atoms with Crippen LogP contribution in [0.3, 0.4) is 0 Å². The van der Waals surface area contributed by atoms with Crippen molar-refractivity contribution in [2.24, 2.45) is 0 Å². The number of rotatable bonds is 2. The van der Waals surface area contributed by atoms with Gasteiger partial charge in [0.1, 0.15) is 0 Å². The highest BCUT2D eigenvalue weighted by atomic mass is 32.1. The lowest BCUT2D eigenvalue weighted by atomic mass is 10.2. The van der Waals surface area contributed by atoms with Gasteiger partial charge in [-0.25, -0.2) is 0 Å². The molecule has 0 saturated heterocycles. The molecule has 0 saturated carbocycles. The SMILES string of the molecule is C[C@@H](O)Cc1cc2ccccc2s1. The molecule has 2 heteroatoms. The van der Waals surface area contributed by atoms with Gasteiger partial charge in [-0.05, 0) is 24.4 Å². The molecule has 0 spiro atoms. The highest BCUT2D eigenvalue weighted by Crippen LogP contribution is 2.25. The van der Waals surface area contributed by atoms with Gasteiger partial charge in [0, 0.05) is 16.0 Å². The minimum absolute atomic E-state index is 0.243. The van der Waals surface area contributed by atoms with E-state index in [0.717, 1.165) is 6.42 Å². The Labute approximate surface area is 81.6 Å². The van der Waals surface area contributed by atoms with Crippen molar-refractivity contribution < 1.29 is 5.11 Å². The normalized spacial score (nSPS) is 13.4. The van der Waals surface area contributed by atoms with E-state index in [9.17, 15) is 5.11 Å². The Morgan fingerprint density at radius 2 is 2.15 bits per heavy atom. The third kappa shape index (κ3) is 1.90. The summed E-state index contributed by atoms with van der Waals surface area (Å²) >= 11 is 1.77. The van der Waals surface area contributed by atoms with E-state index < -0.39 is 0 Å². The quantitative estimate of drug-likeness (QED) is 0.775. The Hall–Kier alpha value is -0.860. The molecule has 1 aromatic carbocycles. The van der Waals surface area contributed by atoms with Crippen molar-refractivity contribution in [1.82, 2.24) is 0 Å². The average Bonchev–Trinajstić information content (AvgIpc) is 2.44. The van der Waals surface area contributed by atoms with E-state index in [1.54, 1.807) is 11.3 Å². The molecule has 1 N–H and O–H groups in total. The molecule has 68 valence electrons. The van der Waals surface area contributed by atoms with Gasteiger partial charge in [-0.1, -0.05) is 18.2 Å². The molecule has 0 aliphatic heterocycles. The monoisotopic (exact) mass is 192 g/mol. The van der Waals surface area contributed by atoms with Gasteiger partial charge >= 0.3 is 0 Å². The summed E-state index contributed by atoms with van der Waals surface area (Å²) < 4.78 is 1.30. The summed E-state index contributed by atoms with van der Waals surface area (Å²) in [7, 11) is 0. The maximum absolute atomic E-state index is 9.24. The minimum atomic E-state index is -0.243. The van der Waals surface area contributed by atoms with E-state index in [4.69, 9.17) is 0 Å². The lowest BCUT2D eigenvalue weighted by Crippen LogP contribution is -2.01. The van der Waals surface area contributed by atoms with Gasteiger partial charge in [0.05, 0.1) is 6.10 Å². The van der Waals surface area contributed by atoms with Crippen molar-refractivity contribution in [3.05, 3.63) is 35.2 Å². The Morgan fingerprint density at radius 1 is 1.38 bits per heavy atom. The highest BCUT2D eigenvalue weighted by Gasteiger charge is 2.03. The zero-order chi connectivity index (χ0) is 9.26. The fraction of sp³-hybridized carbons (Fsp3) is 0.273. The van der Waals surface area contributed by atoms with Crippen molar-refractivity contribution >= 4 is 21.4 Å². The third-order valence-electron chi connectivity index (χ3n) is 1.97. The van der Waals surface area contributed by atoms with Crippen LogP contribution in [0.1, 0.15) is 11.8 Å². The van der Waals surface area contributed by atoms with Gasteiger partial charge in [0.15, 0.2) is 0 Å². The van der Waals surface area contributed by atoms with Crippen LogP contribution in [0.4, 0.5) is 0 Å². The predicted octanol–water partition coefficient (Wildman–Crippen LogP) is 2.82. The van der Waals surface area contributed by atoms with Crippen molar-refractivity contribution in [3.8, 4) is 0 Å². The van der Waals surface area contributed by atoms with E-state index in [2.05, 4.69) is 18.2 Å². The second-order valence-electron chi connectivity index (χ2n) is 3.30. The first-order valence-electron chi connectivity index (χ1n) is 4.41. The zero-order valence-electron chi connectivity index (χ0n) is 7.53. The summed E-state index contributed by atoms with van der Waals surface area (Å²) in [6, 6.07) is 10.5. The number of fused-ring (bicyclic) bond motifs is 1. The van der Waals surface area contributed by atoms with E-state index in [1.165, 1.54) is 15.0 Å². The molecule has 2 rings (SSSR count). The van der Waals surface area contributed by atoms with E-state index in [0.29, 0.717) is 0 Å². The summed E-state index contributed by atoms with van der Waals surface area (Å²) in [6.07, 6.45) is 0.521. The molecule has 0 unspecified atom stereocenters. The Morgan fingerprint density at radius 3 is 2.85 bits per heavy atom. The summed E-state index contributed by atoms with van der Waals surface area (Å²) in [5.74, 6) is 0. The average molecular weight is 192 g/mol. The van der Waals surface area contributed by atoms with Crippen LogP contribution in [-0.4, -0.2) is 11.2 Å². The maximum atomic E-state index is 9.24. The van der Waals surface area contributed by atoms with Crippen LogP contribution < -0.4 is 0 Å². The molecule has 1 aromatic heterocycles. The van der Waals surface area contributed by atoms with Gasteiger partial charge < -0.3 is 5.11 Å². The number of hydrogen-bond acceptors (Lipinski definition) is 2. The molecule has 0 aliphatic carbocycles. The molecular weight excluding hydrogens is 180 g/mol. The van der Waals surface area contributed by atoms with Crippen LogP contribution in [0.25, 0.3) is 10.1 Å². The van der Waals surface area contributed by atoms with Crippen LogP contribution in [-0.2, 0) is 6.42 Å². The lowest BCUT2D eigenvalue weighted by molar-refractivity contribution is 0.196. The smallest absolute Gasteiger partial charge is 0.0560 e. The fourth-order valence-electron chi connectivity index (χ4n) is 1.43. The molecule has 0 bridgehead atoms. The second kappa shape index (κ2) is 3.48. The van der Waals surface area contributed by atoms with E-state index >= 15 is 0 Å². The molecule has 0 radical (unpaired) electrons. The van der Waals surface area contributed by atoms with Crippen LogP contribution >= 0.6 is 11.3 Å². The number of aliphatic hydroxyl groups is 1. The molecule has 0 amide bonds. The fourth-order valence-corrected chi connectivity index (χ4v) is 2.61. The topological polar surface area (TPSA) is 20.2 Å². The number of hydrogen-bond donors (Lipinski definition) is 1. The van der Waals surface area contributed by atoms with Gasteiger partial charge in [-0.2, -0.15) is 0 Å². The number of thiophene rings is 1. The Bertz CT molecular complexity index is 370. The summed E-state index contributed by atoms with van der Waals surface area (Å²) in [4.78, 5) is 1.26. The molecule has 0 fully saturated rings. The number of benzene rings is 1. The van der Waals surface area contributed by atoms with E-state index in [1.807, 2.05) is 19.1 Å². The van der Waals surface area contributed by atoms with Crippen LogP contribution in [0, 0.1) is 0 Å². The maximum Gasteiger partial charge on any atom is 0.0560 e. The van der Waals surface area contributed by atoms with Crippen molar-refractivity contribution in [3.63, 3.8) is 0 Å². The highest BCUT2D eigenvalue weighted by molar-refractivity contribution is 7.19. The van der Waals surface area contributed by atoms with Crippen molar-refractivity contribution in [1.29, 1.82) is 0 Å². The zero-order valence-corrected chi connectivity index (χ0v) is 8.34. The largest absolute Gasteiger partial charge is 0.393 e. The summed E-state index contributed by atoms with van der Waals surface area (Å²) in [5, 5.41) is 10.5. The first kappa shape index (κ1) is 8.73. The van der Waals surface area contributed by atoms with Crippen molar-refractivity contribution in [2.45, 2.75) is 19.4 Å². The number of aliphatic hydroxyl groups excluding tert-OH is 1. The summed E-state index contributed by atoms with van der Waals surface area (Å²) in [6.45, 7) is 1.82. The first-order chi connectivity index (χ1) is 6.25. The molecular formula is C11H12OS. The van der Waals surface area contributed by atoms with Crippen LogP contribution in [0.5, 0.6) is 0 Å². The molecule has 1 nitrogen and oxygen atoms in total. The Kier molecular flexibility index (Phi) is 2.34. The lowest BCUT2D eigenvalue weighted by Gasteiger charge is -1.98. The van der Waals surface area contributed by atoms with E-state index in [-0.39, 0.29) is 6.10 Å². The van der Waals surface area contributed by atoms with Gasteiger partial charge in [-0.15, -0.1) is 11.3 Å². The summed E-state index contributed by atoms with van der Waals surface area (Å²) in [5.41, 5.74) is 0. The van der Waals surface area contributed by atoms with Crippen LogP contribution in [0.2, 0.25) is 0 Å². The van der Waals surface area contributed by atoms with Gasteiger partial charge in [0.25, 0.3) is 0 Å². The van der Waals surface area contributed by atoms with Gasteiger partial charge in [-0.3, -0.25) is 0 Å². The Balaban J connectivity index is 2.38. The molecule has 1 heterocycles. The van der Waals surface area contributed by atoms with Gasteiger partial charge in [0.2, 0.25) is 0 Å². The molecule has 13 heavy (non-hydrogen) atoms.